The second-order valence-electron chi connectivity index (χ2n) is 7.49. The Hall–Kier alpha value is -2.86. The molecule has 1 unspecified atom stereocenters. The zero-order valence-electron chi connectivity index (χ0n) is 16.0. The molecule has 1 aromatic heterocycles. The molecule has 0 radical (unpaired) electrons. The monoisotopic (exact) mass is 383 g/mol. The predicted octanol–water partition coefficient (Wildman–Crippen LogP) is 3.39. The van der Waals surface area contributed by atoms with Gasteiger partial charge in [0.25, 0.3) is 0 Å². The van der Waals surface area contributed by atoms with Gasteiger partial charge in [-0.15, -0.1) is 0 Å². The van der Waals surface area contributed by atoms with E-state index in [1.54, 1.807) is 6.07 Å². The minimum absolute atomic E-state index is 0.0247. The van der Waals surface area contributed by atoms with E-state index in [2.05, 4.69) is 15.6 Å². The molecule has 0 saturated heterocycles. The molecule has 1 atom stereocenters. The van der Waals surface area contributed by atoms with E-state index < -0.39 is 5.41 Å². The number of carbonyl (C=O) groups excluding carboxylic acids is 1. The lowest BCUT2D eigenvalue weighted by Crippen LogP contribution is -2.44. The molecule has 0 aliphatic rings. The fourth-order valence-electron chi connectivity index (χ4n) is 3.29. The molecule has 1 heterocycles. The Bertz CT molecular complexity index is 926. The van der Waals surface area contributed by atoms with Gasteiger partial charge in [-0.25, -0.2) is 9.18 Å². The Morgan fingerprint density at radius 1 is 1.18 bits per heavy atom. The van der Waals surface area contributed by atoms with Crippen LogP contribution in [0, 0.1) is 11.2 Å². The van der Waals surface area contributed by atoms with Gasteiger partial charge in [-0.2, -0.15) is 0 Å². The summed E-state index contributed by atoms with van der Waals surface area (Å²) in [6.07, 6.45) is 3.11. The first-order valence-corrected chi connectivity index (χ1v) is 9.41. The van der Waals surface area contributed by atoms with E-state index >= 15 is 0 Å². The van der Waals surface area contributed by atoms with Crippen LogP contribution in [0.5, 0.6) is 0 Å². The highest BCUT2D eigenvalue weighted by molar-refractivity contribution is 5.83. The van der Waals surface area contributed by atoms with E-state index in [4.69, 9.17) is 0 Å². The smallest absolute Gasteiger partial charge is 0.314 e. The highest BCUT2D eigenvalue weighted by Gasteiger charge is 2.24. The Morgan fingerprint density at radius 3 is 2.71 bits per heavy atom. The molecular weight excluding hydrogens is 357 g/mol. The zero-order valence-corrected chi connectivity index (χ0v) is 16.0. The Balaban J connectivity index is 1.47. The molecule has 0 bridgehead atoms. The predicted molar refractivity (Wildman–Crippen MR) is 109 cm³/mol. The van der Waals surface area contributed by atoms with Crippen molar-refractivity contribution in [2.75, 3.05) is 19.7 Å². The standard InChI is InChI=1S/C22H26FN3O2/c1-22(15-27,12-16-5-3-2-4-6-16)14-26-21(28)24-10-9-17-13-25-20-8-7-18(23)11-19(17)20/h2-8,11,13,25,27H,9-10,12,14-15H2,1H3,(H2,24,26,28). The SMILES string of the molecule is CC(CO)(CNC(=O)NCCc1c[nH]c2ccc(F)cc12)Cc1ccccc1. The van der Waals surface area contributed by atoms with E-state index in [9.17, 15) is 14.3 Å². The number of aliphatic hydroxyl groups is 1. The fourth-order valence-corrected chi connectivity index (χ4v) is 3.29. The number of carbonyl (C=O) groups is 1. The molecule has 28 heavy (non-hydrogen) atoms. The summed E-state index contributed by atoms with van der Waals surface area (Å²) in [6.45, 7) is 2.72. The Morgan fingerprint density at radius 2 is 1.96 bits per heavy atom. The van der Waals surface area contributed by atoms with Crippen LogP contribution in [0.4, 0.5) is 9.18 Å². The molecule has 0 aliphatic heterocycles. The molecule has 3 rings (SSSR count). The number of nitrogens with one attached hydrogen (secondary N) is 3. The molecule has 0 fully saturated rings. The van der Waals surface area contributed by atoms with Gasteiger partial charge < -0.3 is 20.7 Å². The first-order chi connectivity index (χ1) is 13.5. The van der Waals surface area contributed by atoms with Crippen molar-refractivity contribution in [2.45, 2.75) is 19.8 Å². The summed E-state index contributed by atoms with van der Waals surface area (Å²) in [5, 5.41) is 16.3. The van der Waals surface area contributed by atoms with Crippen molar-refractivity contribution in [3.8, 4) is 0 Å². The number of aliphatic hydroxyl groups excluding tert-OH is 1. The second-order valence-corrected chi connectivity index (χ2v) is 7.49. The van der Waals surface area contributed by atoms with Crippen LogP contribution >= 0.6 is 0 Å². The van der Waals surface area contributed by atoms with Crippen LogP contribution in [-0.4, -0.2) is 35.8 Å². The number of fused-ring (bicyclic) bond motifs is 1. The normalized spacial score (nSPS) is 13.2. The third-order valence-electron chi connectivity index (χ3n) is 4.94. The molecule has 0 saturated carbocycles. The molecule has 148 valence electrons. The third-order valence-corrected chi connectivity index (χ3v) is 4.94. The van der Waals surface area contributed by atoms with Crippen molar-refractivity contribution in [3.05, 3.63) is 71.7 Å². The maximum absolute atomic E-state index is 13.4. The summed E-state index contributed by atoms with van der Waals surface area (Å²) in [4.78, 5) is 15.2. The number of halogens is 1. The van der Waals surface area contributed by atoms with E-state index in [0.29, 0.717) is 25.9 Å². The van der Waals surface area contributed by atoms with E-state index in [0.717, 1.165) is 22.0 Å². The Labute approximate surface area is 164 Å². The highest BCUT2D eigenvalue weighted by Crippen LogP contribution is 2.21. The van der Waals surface area contributed by atoms with Crippen molar-refractivity contribution in [3.63, 3.8) is 0 Å². The van der Waals surface area contributed by atoms with Gasteiger partial charge in [-0.1, -0.05) is 37.3 Å². The van der Waals surface area contributed by atoms with Gasteiger partial charge >= 0.3 is 6.03 Å². The molecule has 0 aliphatic carbocycles. The van der Waals surface area contributed by atoms with Gasteiger partial charge in [0.2, 0.25) is 0 Å². The van der Waals surface area contributed by atoms with Gasteiger partial charge in [0.15, 0.2) is 0 Å². The molecule has 2 amide bonds. The molecule has 2 aromatic carbocycles. The first kappa shape index (κ1) is 19.9. The lowest BCUT2D eigenvalue weighted by Gasteiger charge is -2.27. The second kappa shape index (κ2) is 8.89. The van der Waals surface area contributed by atoms with Crippen LogP contribution in [0.1, 0.15) is 18.1 Å². The number of aromatic nitrogens is 1. The number of amides is 2. The number of hydrogen-bond donors (Lipinski definition) is 4. The van der Waals surface area contributed by atoms with Gasteiger partial charge in [0, 0.05) is 35.6 Å². The van der Waals surface area contributed by atoms with E-state index in [1.807, 2.05) is 43.5 Å². The first-order valence-electron chi connectivity index (χ1n) is 9.41. The largest absolute Gasteiger partial charge is 0.396 e. The van der Waals surface area contributed by atoms with Crippen LogP contribution in [0.2, 0.25) is 0 Å². The highest BCUT2D eigenvalue weighted by atomic mass is 19.1. The number of rotatable bonds is 8. The average molecular weight is 383 g/mol. The molecule has 3 aromatic rings. The van der Waals surface area contributed by atoms with Crippen molar-refractivity contribution in [1.82, 2.24) is 15.6 Å². The number of aromatic amines is 1. The van der Waals surface area contributed by atoms with Crippen LogP contribution in [-0.2, 0) is 12.8 Å². The quantitative estimate of drug-likeness (QED) is 0.481. The number of urea groups is 1. The topological polar surface area (TPSA) is 77.2 Å². The minimum atomic E-state index is -0.437. The summed E-state index contributed by atoms with van der Waals surface area (Å²) in [5.74, 6) is -0.277. The van der Waals surface area contributed by atoms with Crippen molar-refractivity contribution in [2.24, 2.45) is 5.41 Å². The molecule has 5 nitrogen and oxygen atoms in total. The van der Waals surface area contributed by atoms with Gasteiger partial charge in [0.1, 0.15) is 5.82 Å². The van der Waals surface area contributed by atoms with Crippen molar-refractivity contribution < 1.29 is 14.3 Å². The summed E-state index contributed by atoms with van der Waals surface area (Å²) in [5.41, 5.74) is 2.51. The maximum atomic E-state index is 13.4. The van der Waals surface area contributed by atoms with Crippen LogP contribution in [0.15, 0.2) is 54.7 Å². The fraction of sp³-hybridized carbons (Fsp3) is 0.318. The average Bonchev–Trinajstić information content (AvgIpc) is 3.09. The van der Waals surface area contributed by atoms with E-state index in [1.165, 1.54) is 12.1 Å². The summed E-state index contributed by atoms with van der Waals surface area (Å²) in [6, 6.07) is 14.2. The maximum Gasteiger partial charge on any atom is 0.314 e. The summed E-state index contributed by atoms with van der Waals surface area (Å²) >= 11 is 0. The van der Waals surface area contributed by atoms with Crippen molar-refractivity contribution >= 4 is 16.9 Å². The number of H-pyrrole nitrogens is 1. The molecule has 0 spiro atoms. The third kappa shape index (κ3) is 5.10. The minimum Gasteiger partial charge on any atom is -0.396 e. The Kier molecular flexibility index (Phi) is 6.31. The molecular formula is C22H26FN3O2. The lowest BCUT2D eigenvalue weighted by molar-refractivity contribution is 0.140. The molecule has 6 heteroatoms. The van der Waals surface area contributed by atoms with Gasteiger partial charge in [-0.3, -0.25) is 0 Å². The van der Waals surface area contributed by atoms with Gasteiger partial charge in [-0.05, 0) is 42.2 Å². The molecule has 4 N–H and O–H groups in total. The summed E-state index contributed by atoms with van der Waals surface area (Å²) in [7, 11) is 0. The van der Waals surface area contributed by atoms with Gasteiger partial charge in [0.05, 0.1) is 6.61 Å². The van der Waals surface area contributed by atoms with Crippen molar-refractivity contribution in [1.29, 1.82) is 0 Å². The van der Waals surface area contributed by atoms with Crippen LogP contribution in [0.3, 0.4) is 0 Å². The zero-order chi connectivity index (χ0) is 20.0. The van der Waals surface area contributed by atoms with Crippen LogP contribution < -0.4 is 10.6 Å². The summed E-state index contributed by atoms with van der Waals surface area (Å²) < 4.78 is 13.4. The van der Waals surface area contributed by atoms with Crippen LogP contribution in [0.25, 0.3) is 10.9 Å². The number of benzene rings is 2. The van der Waals surface area contributed by atoms with E-state index in [-0.39, 0.29) is 18.5 Å². The lowest BCUT2D eigenvalue weighted by atomic mass is 9.84. The number of hydrogen-bond acceptors (Lipinski definition) is 2.